The first-order chi connectivity index (χ1) is 23.9. The van der Waals surface area contributed by atoms with Gasteiger partial charge < -0.3 is 28.8 Å². The number of benzene rings is 4. The van der Waals surface area contributed by atoms with E-state index >= 15 is 0 Å². The van der Waals surface area contributed by atoms with Crippen LogP contribution in [0.4, 0.5) is 10.6 Å². The van der Waals surface area contributed by atoms with Crippen molar-refractivity contribution in [1.82, 2.24) is 9.55 Å². The highest BCUT2D eigenvalue weighted by molar-refractivity contribution is 5.83. The van der Waals surface area contributed by atoms with E-state index in [9.17, 15) is 14.7 Å². The van der Waals surface area contributed by atoms with Crippen LogP contribution in [0.3, 0.4) is 0 Å². The molecule has 1 saturated heterocycles. The Kier molecular flexibility index (Phi) is 10.3. The molecule has 0 saturated carbocycles. The Morgan fingerprint density at radius 1 is 0.857 bits per heavy atom. The van der Waals surface area contributed by atoms with E-state index in [4.69, 9.17) is 23.7 Å². The van der Waals surface area contributed by atoms with Crippen LogP contribution >= 0.6 is 0 Å². The largest absolute Gasteiger partial charge is 0.497 e. The number of aromatic nitrogens is 2. The van der Waals surface area contributed by atoms with Gasteiger partial charge in [-0.3, -0.25) is 9.88 Å². The number of ether oxygens (including phenoxy) is 5. The molecule has 11 heteroatoms. The monoisotopic (exact) mass is 663 g/mol. The Morgan fingerprint density at radius 3 is 2.00 bits per heavy atom. The maximum atomic E-state index is 13.0. The molecule has 6 rings (SSSR count). The standard InChI is InChI=1S/C38H37N3O8/c1-45-30-17-13-28(14-18-30)38(27-11-7-4-8-12-27,29-15-19-31(46-2)20-16-29)48-25-33-32(42)23-35(49-33)41-22-21-34(39-36(41)43)40-37(44)47-24-26-9-5-3-6-10-26/h3-22,32-33,35,42H,23-25H2,1-2H3,(H,39,40,43,44)/t32-,33+,35+/m0/s1. The molecule has 11 nitrogen and oxygen atoms in total. The topological polar surface area (TPSA) is 130 Å². The average Bonchev–Trinajstić information content (AvgIpc) is 3.52. The second kappa shape index (κ2) is 15.2. The Balaban J connectivity index is 1.21. The van der Waals surface area contributed by atoms with Gasteiger partial charge in [0.15, 0.2) is 0 Å². The van der Waals surface area contributed by atoms with Crippen molar-refractivity contribution < 1.29 is 33.6 Å². The van der Waals surface area contributed by atoms with Crippen LogP contribution in [0.5, 0.6) is 11.5 Å². The minimum absolute atomic E-state index is 0.0142. The second-order valence-electron chi connectivity index (χ2n) is 11.4. The van der Waals surface area contributed by atoms with Crippen molar-refractivity contribution in [3.8, 4) is 11.5 Å². The minimum atomic E-state index is -1.11. The van der Waals surface area contributed by atoms with Crippen LogP contribution < -0.4 is 20.5 Å². The molecule has 252 valence electrons. The molecule has 49 heavy (non-hydrogen) atoms. The number of amides is 1. The molecule has 1 aromatic heterocycles. The summed E-state index contributed by atoms with van der Waals surface area (Å²) < 4.78 is 30.5. The molecule has 3 atom stereocenters. The lowest BCUT2D eigenvalue weighted by atomic mass is 9.80. The number of nitrogens with zero attached hydrogens (tertiary/aromatic N) is 2. The van der Waals surface area contributed by atoms with Crippen molar-refractivity contribution in [2.75, 3.05) is 26.1 Å². The summed E-state index contributed by atoms with van der Waals surface area (Å²) in [5.41, 5.74) is 1.58. The van der Waals surface area contributed by atoms with Crippen molar-refractivity contribution in [2.24, 2.45) is 0 Å². The van der Waals surface area contributed by atoms with Gasteiger partial charge in [-0.15, -0.1) is 0 Å². The van der Waals surface area contributed by atoms with Crippen LogP contribution in [-0.2, 0) is 26.4 Å². The molecule has 0 radical (unpaired) electrons. The third-order valence-electron chi connectivity index (χ3n) is 8.42. The van der Waals surface area contributed by atoms with Crippen molar-refractivity contribution in [2.45, 2.75) is 37.1 Å². The lowest BCUT2D eigenvalue weighted by molar-refractivity contribution is -0.0944. The van der Waals surface area contributed by atoms with E-state index in [-0.39, 0.29) is 25.5 Å². The summed E-state index contributed by atoms with van der Waals surface area (Å²) in [5, 5.41) is 13.6. The van der Waals surface area contributed by atoms with Crippen LogP contribution in [0, 0.1) is 0 Å². The van der Waals surface area contributed by atoms with E-state index in [1.165, 1.54) is 16.8 Å². The zero-order valence-electron chi connectivity index (χ0n) is 27.1. The molecule has 0 spiro atoms. The van der Waals surface area contributed by atoms with Crippen LogP contribution in [0.2, 0.25) is 0 Å². The average molecular weight is 664 g/mol. The number of hydrogen-bond donors (Lipinski definition) is 2. The molecule has 1 fully saturated rings. The number of hydrogen-bond acceptors (Lipinski definition) is 9. The first kappa shape index (κ1) is 33.4. The van der Waals surface area contributed by atoms with Gasteiger partial charge in [0.2, 0.25) is 0 Å². The Morgan fingerprint density at radius 2 is 1.43 bits per heavy atom. The number of methoxy groups -OCH3 is 2. The molecular formula is C38H37N3O8. The van der Waals surface area contributed by atoms with Crippen LogP contribution in [0.15, 0.2) is 126 Å². The van der Waals surface area contributed by atoms with Gasteiger partial charge in [0.05, 0.1) is 26.9 Å². The third kappa shape index (κ3) is 7.49. The van der Waals surface area contributed by atoms with Crippen molar-refractivity contribution in [1.29, 1.82) is 0 Å². The molecule has 1 amide bonds. The number of rotatable bonds is 12. The lowest BCUT2D eigenvalue weighted by Gasteiger charge is -2.37. The molecule has 2 heterocycles. The molecule has 4 aromatic carbocycles. The smallest absolute Gasteiger partial charge is 0.413 e. The summed E-state index contributed by atoms with van der Waals surface area (Å²) in [6, 6.07) is 35.8. The first-order valence-corrected chi connectivity index (χ1v) is 15.8. The van der Waals surface area contributed by atoms with E-state index in [2.05, 4.69) is 10.3 Å². The van der Waals surface area contributed by atoms with Crippen molar-refractivity contribution in [3.63, 3.8) is 0 Å². The Bertz CT molecular complexity index is 1840. The number of aliphatic hydroxyl groups is 1. The fourth-order valence-electron chi connectivity index (χ4n) is 5.88. The fraction of sp³-hybridized carbons (Fsp3) is 0.237. The van der Waals surface area contributed by atoms with E-state index in [1.807, 2.05) is 109 Å². The SMILES string of the molecule is COc1ccc(C(OC[C@H]2O[C@@H](n3ccc(NC(=O)OCc4ccccc4)nc3=O)C[C@@H]2O)(c2ccccc2)c2ccc(OC)cc2)cc1. The predicted octanol–water partition coefficient (Wildman–Crippen LogP) is 5.67. The highest BCUT2D eigenvalue weighted by Gasteiger charge is 2.42. The highest BCUT2D eigenvalue weighted by Crippen LogP contribution is 2.42. The molecule has 0 aliphatic carbocycles. The number of carbonyl (C=O) groups is 1. The molecule has 5 aromatic rings. The summed E-state index contributed by atoms with van der Waals surface area (Å²) in [7, 11) is 3.22. The maximum absolute atomic E-state index is 13.0. The summed E-state index contributed by atoms with van der Waals surface area (Å²) in [5.74, 6) is 1.42. The highest BCUT2D eigenvalue weighted by atomic mass is 16.6. The molecule has 0 unspecified atom stereocenters. The quantitative estimate of drug-likeness (QED) is 0.162. The first-order valence-electron chi connectivity index (χ1n) is 15.8. The molecule has 1 aliphatic heterocycles. The van der Waals surface area contributed by atoms with Gasteiger partial charge in [-0.1, -0.05) is 84.9 Å². The predicted molar refractivity (Wildman–Crippen MR) is 182 cm³/mol. The number of nitrogens with one attached hydrogen (secondary N) is 1. The number of carbonyl (C=O) groups excluding carboxylic acids is 1. The normalized spacial score (nSPS) is 17.3. The van der Waals surface area contributed by atoms with Gasteiger partial charge in [-0.05, 0) is 52.6 Å². The zero-order valence-corrected chi connectivity index (χ0v) is 27.1. The van der Waals surface area contributed by atoms with E-state index < -0.39 is 35.8 Å². The van der Waals surface area contributed by atoms with Gasteiger partial charge in [0, 0.05) is 12.6 Å². The molecule has 2 N–H and O–H groups in total. The van der Waals surface area contributed by atoms with E-state index in [0.29, 0.717) is 11.5 Å². The summed E-state index contributed by atoms with van der Waals surface area (Å²) in [4.78, 5) is 29.3. The number of aliphatic hydroxyl groups excluding tert-OH is 1. The van der Waals surface area contributed by atoms with Crippen LogP contribution in [-0.4, -0.2) is 53.8 Å². The molecular weight excluding hydrogens is 626 g/mol. The number of anilines is 1. The molecule has 0 bridgehead atoms. The third-order valence-corrected chi connectivity index (χ3v) is 8.42. The zero-order chi connectivity index (χ0) is 34.2. The van der Waals surface area contributed by atoms with Gasteiger partial charge >= 0.3 is 11.8 Å². The maximum Gasteiger partial charge on any atom is 0.413 e. The van der Waals surface area contributed by atoms with Gasteiger partial charge in [-0.25, -0.2) is 9.59 Å². The summed E-state index contributed by atoms with van der Waals surface area (Å²) in [6.45, 7) is 0.0587. The summed E-state index contributed by atoms with van der Waals surface area (Å²) >= 11 is 0. The van der Waals surface area contributed by atoms with E-state index in [1.54, 1.807) is 14.2 Å². The molecule has 1 aliphatic rings. The minimum Gasteiger partial charge on any atom is -0.497 e. The Labute approximate surface area is 283 Å². The van der Waals surface area contributed by atoms with Crippen molar-refractivity contribution >= 4 is 11.9 Å². The van der Waals surface area contributed by atoms with Gasteiger partial charge in [-0.2, -0.15) is 4.98 Å². The Hall–Kier alpha value is -5.49. The summed E-state index contributed by atoms with van der Waals surface area (Å²) in [6.07, 6.45) is -1.67. The van der Waals surface area contributed by atoms with Crippen LogP contribution in [0.25, 0.3) is 0 Å². The van der Waals surface area contributed by atoms with Gasteiger partial charge in [0.25, 0.3) is 0 Å². The van der Waals surface area contributed by atoms with Crippen LogP contribution in [0.1, 0.15) is 34.9 Å². The van der Waals surface area contributed by atoms with E-state index in [0.717, 1.165) is 22.3 Å². The van der Waals surface area contributed by atoms with Crippen molar-refractivity contribution in [3.05, 3.63) is 154 Å². The fourth-order valence-corrected chi connectivity index (χ4v) is 5.88. The lowest BCUT2D eigenvalue weighted by Crippen LogP contribution is -2.38. The van der Waals surface area contributed by atoms with Gasteiger partial charge in [0.1, 0.15) is 41.9 Å². The second-order valence-corrected chi connectivity index (χ2v) is 11.4.